The SMILES string of the molecule is CNc1nc(C)cc(N2CCCNC(=O)C2)n1. The van der Waals surface area contributed by atoms with Gasteiger partial charge in [0, 0.05) is 31.9 Å². The van der Waals surface area contributed by atoms with Crippen LogP contribution in [0.3, 0.4) is 0 Å². The van der Waals surface area contributed by atoms with Gasteiger partial charge in [-0.15, -0.1) is 0 Å². The van der Waals surface area contributed by atoms with Gasteiger partial charge in [-0.25, -0.2) is 4.98 Å². The maximum atomic E-state index is 11.5. The van der Waals surface area contributed by atoms with Crippen LogP contribution < -0.4 is 15.5 Å². The molecular formula is C11H17N5O. The lowest BCUT2D eigenvalue weighted by molar-refractivity contribution is -0.119. The number of rotatable bonds is 2. The first-order valence-corrected chi connectivity index (χ1v) is 5.74. The second-order valence-electron chi connectivity index (χ2n) is 4.07. The van der Waals surface area contributed by atoms with Crippen molar-refractivity contribution in [3.8, 4) is 0 Å². The fraction of sp³-hybridized carbons (Fsp3) is 0.545. The molecule has 1 amide bonds. The van der Waals surface area contributed by atoms with Crippen LogP contribution in [0.1, 0.15) is 12.1 Å². The van der Waals surface area contributed by atoms with E-state index in [2.05, 4.69) is 20.6 Å². The van der Waals surface area contributed by atoms with Crippen LogP contribution in [-0.4, -0.2) is 42.6 Å². The van der Waals surface area contributed by atoms with E-state index < -0.39 is 0 Å². The summed E-state index contributed by atoms with van der Waals surface area (Å²) in [7, 11) is 1.79. The van der Waals surface area contributed by atoms with Gasteiger partial charge in [-0.3, -0.25) is 4.79 Å². The Morgan fingerprint density at radius 2 is 2.29 bits per heavy atom. The predicted molar refractivity (Wildman–Crippen MR) is 66.2 cm³/mol. The largest absolute Gasteiger partial charge is 0.357 e. The quantitative estimate of drug-likeness (QED) is 0.763. The number of nitrogens with zero attached hydrogens (tertiary/aromatic N) is 3. The Hall–Kier alpha value is -1.85. The molecule has 2 N–H and O–H groups in total. The van der Waals surface area contributed by atoms with Crippen LogP contribution >= 0.6 is 0 Å². The molecule has 92 valence electrons. The second kappa shape index (κ2) is 4.99. The van der Waals surface area contributed by atoms with E-state index in [1.165, 1.54) is 0 Å². The highest BCUT2D eigenvalue weighted by atomic mass is 16.2. The number of nitrogens with one attached hydrogen (secondary N) is 2. The highest BCUT2D eigenvalue weighted by Gasteiger charge is 2.16. The van der Waals surface area contributed by atoms with Crippen LogP contribution in [-0.2, 0) is 4.79 Å². The van der Waals surface area contributed by atoms with Crippen molar-refractivity contribution >= 4 is 17.7 Å². The number of aromatic nitrogens is 2. The van der Waals surface area contributed by atoms with E-state index in [4.69, 9.17) is 0 Å². The highest BCUT2D eigenvalue weighted by molar-refractivity contribution is 5.81. The molecule has 0 saturated carbocycles. The van der Waals surface area contributed by atoms with Gasteiger partial charge in [0.25, 0.3) is 0 Å². The van der Waals surface area contributed by atoms with E-state index in [1.54, 1.807) is 7.05 Å². The van der Waals surface area contributed by atoms with Gasteiger partial charge in [0.1, 0.15) is 5.82 Å². The smallest absolute Gasteiger partial charge is 0.239 e. The lowest BCUT2D eigenvalue weighted by Gasteiger charge is -2.20. The number of anilines is 2. The standard InChI is InChI=1S/C11H17N5O/c1-8-6-9(15-11(12-2)14-8)16-5-3-4-13-10(17)7-16/h6H,3-5,7H2,1-2H3,(H,13,17)(H,12,14,15). The maximum Gasteiger partial charge on any atom is 0.239 e. The Bertz CT molecular complexity index is 420. The van der Waals surface area contributed by atoms with Crippen LogP contribution in [0.15, 0.2) is 6.07 Å². The summed E-state index contributed by atoms with van der Waals surface area (Å²) in [5.74, 6) is 1.44. The molecule has 6 nitrogen and oxygen atoms in total. The average molecular weight is 235 g/mol. The van der Waals surface area contributed by atoms with Crippen molar-refractivity contribution in [2.45, 2.75) is 13.3 Å². The van der Waals surface area contributed by atoms with Gasteiger partial charge in [0.2, 0.25) is 11.9 Å². The van der Waals surface area contributed by atoms with Crippen molar-refractivity contribution in [1.29, 1.82) is 0 Å². The number of aryl methyl sites for hydroxylation is 1. The summed E-state index contributed by atoms with van der Waals surface area (Å²) >= 11 is 0. The molecule has 1 aliphatic heterocycles. The molecule has 0 bridgehead atoms. The first-order valence-electron chi connectivity index (χ1n) is 5.74. The molecule has 1 aliphatic rings. The maximum absolute atomic E-state index is 11.5. The third-order valence-corrected chi connectivity index (χ3v) is 2.65. The molecule has 6 heteroatoms. The van der Waals surface area contributed by atoms with E-state index in [-0.39, 0.29) is 5.91 Å². The van der Waals surface area contributed by atoms with Crippen LogP contribution in [0.2, 0.25) is 0 Å². The Kier molecular flexibility index (Phi) is 3.41. The summed E-state index contributed by atoms with van der Waals surface area (Å²) in [6, 6.07) is 1.90. The Morgan fingerprint density at radius 1 is 1.47 bits per heavy atom. The van der Waals surface area contributed by atoms with Crippen molar-refractivity contribution in [2.24, 2.45) is 0 Å². The van der Waals surface area contributed by atoms with Crippen LogP contribution in [0, 0.1) is 6.92 Å². The minimum atomic E-state index is 0.0461. The van der Waals surface area contributed by atoms with Crippen molar-refractivity contribution in [3.05, 3.63) is 11.8 Å². The van der Waals surface area contributed by atoms with E-state index in [1.807, 2.05) is 17.9 Å². The molecule has 0 atom stereocenters. The fourth-order valence-corrected chi connectivity index (χ4v) is 1.83. The third-order valence-electron chi connectivity index (χ3n) is 2.65. The van der Waals surface area contributed by atoms with Crippen molar-refractivity contribution in [1.82, 2.24) is 15.3 Å². The molecule has 0 spiro atoms. The van der Waals surface area contributed by atoms with Gasteiger partial charge in [-0.05, 0) is 13.3 Å². The van der Waals surface area contributed by atoms with E-state index >= 15 is 0 Å². The third kappa shape index (κ3) is 2.83. The number of hydrogen-bond acceptors (Lipinski definition) is 5. The molecule has 1 saturated heterocycles. The Labute approximate surface area is 100 Å². The summed E-state index contributed by atoms with van der Waals surface area (Å²) in [5, 5.41) is 5.77. The van der Waals surface area contributed by atoms with Gasteiger partial charge >= 0.3 is 0 Å². The van der Waals surface area contributed by atoms with Gasteiger partial charge < -0.3 is 15.5 Å². The molecule has 0 aliphatic carbocycles. The monoisotopic (exact) mass is 235 g/mol. The molecule has 0 unspecified atom stereocenters. The number of hydrogen-bond donors (Lipinski definition) is 2. The van der Waals surface area contributed by atoms with E-state index in [9.17, 15) is 4.79 Å². The Balaban J connectivity index is 2.25. The first kappa shape index (κ1) is 11.6. The topological polar surface area (TPSA) is 70.2 Å². The number of amides is 1. The minimum absolute atomic E-state index is 0.0461. The van der Waals surface area contributed by atoms with Gasteiger partial charge in [-0.2, -0.15) is 4.98 Å². The Morgan fingerprint density at radius 3 is 3.06 bits per heavy atom. The molecular weight excluding hydrogens is 218 g/mol. The lowest BCUT2D eigenvalue weighted by Crippen LogP contribution is -2.33. The van der Waals surface area contributed by atoms with Gasteiger partial charge in [0.15, 0.2) is 0 Å². The average Bonchev–Trinajstić information content (AvgIpc) is 2.53. The lowest BCUT2D eigenvalue weighted by atomic mass is 10.3. The normalized spacial score (nSPS) is 16.4. The summed E-state index contributed by atoms with van der Waals surface area (Å²) < 4.78 is 0. The summed E-state index contributed by atoms with van der Waals surface area (Å²) in [5.41, 5.74) is 0.893. The molecule has 0 radical (unpaired) electrons. The molecule has 2 heterocycles. The summed E-state index contributed by atoms with van der Waals surface area (Å²) in [6.45, 7) is 3.85. The fourth-order valence-electron chi connectivity index (χ4n) is 1.83. The van der Waals surface area contributed by atoms with Crippen LogP contribution in [0.5, 0.6) is 0 Å². The molecule has 2 rings (SSSR count). The first-order chi connectivity index (χ1) is 8.19. The molecule has 1 aromatic rings. The van der Waals surface area contributed by atoms with E-state index in [0.717, 1.165) is 31.0 Å². The van der Waals surface area contributed by atoms with Crippen molar-refractivity contribution in [3.63, 3.8) is 0 Å². The minimum Gasteiger partial charge on any atom is -0.357 e. The van der Waals surface area contributed by atoms with Crippen LogP contribution in [0.4, 0.5) is 11.8 Å². The summed E-state index contributed by atoms with van der Waals surface area (Å²) in [4.78, 5) is 22.1. The molecule has 0 aromatic carbocycles. The summed E-state index contributed by atoms with van der Waals surface area (Å²) in [6.07, 6.45) is 0.934. The van der Waals surface area contributed by atoms with Crippen LogP contribution in [0.25, 0.3) is 0 Å². The van der Waals surface area contributed by atoms with Crippen molar-refractivity contribution < 1.29 is 4.79 Å². The molecule has 1 fully saturated rings. The zero-order chi connectivity index (χ0) is 12.3. The van der Waals surface area contributed by atoms with Gasteiger partial charge in [-0.1, -0.05) is 0 Å². The second-order valence-corrected chi connectivity index (χ2v) is 4.07. The van der Waals surface area contributed by atoms with Gasteiger partial charge in [0.05, 0.1) is 6.54 Å². The molecule has 1 aromatic heterocycles. The number of carbonyl (C=O) groups excluding carboxylic acids is 1. The number of carbonyl (C=O) groups is 1. The van der Waals surface area contributed by atoms with Crippen molar-refractivity contribution in [2.75, 3.05) is 36.9 Å². The molecule has 17 heavy (non-hydrogen) atoms. The predicted octanol–water partition coefficient (Wildman–Crippen LogP) is 0.153. The van der Waals surface area contributed by atoms with E-state index in [0.29, 0.717) is 12.5 Å². The highest BCUT2D eigenvalue weighted by Crippen LogP contribution is 2.15. The zero-order valence-corrected chi connectivity index (χ0v) is 10.2. The zero-order valence-electron chi connectivity index (χ0n) is 10.2.